The lowest BCUT2D eigenvalue weighted by Crippen LogP contribution is -1.87. The van der Waals surface area contributed by atoms with Crippen LogP contribution in [0, 0.1) is 0 Å². The van der Waals surface area contributed by atoms with Crippen LogP contribution < -0.4 is 0 Å². The standard InChI is InChI=1S/C9H14O/c1-4-10-9-5-7(2)8(3)6-9/h5H,4,6H2,1-3H3. The van der Waals surface area contributed by atoms with Crippen molar-refractivity contribution in [1.82, 2.24) is 0 Å². The fourth-order valence-electron chi connectivity index (χ4n) is 1.09. The van der Waals surface area contributed by atoms with Gasteiger partial charge in [-0.15, -0.1) is 0 Å². The van der Waals surface area contributed by atoms with Gasteiger partial charge >= 0.3 is 0 Å². The van der Waals surface area contributed by atoms with E-state index >= 15 is 0 Å². The average molecular weight is 138 g/mol. The van der Waals surface area contributed by atoms with E-state index in [9.17, 15) is 0 Å². The minimum atomic E-state index is 0.784. The highest BCUT2D eigenvalue weighted by Gasteiger charge is 2.08. The van der Waals surface area contributed by atoms with Gasteiger partial charge in [-0.25, -0.2) is 0 Å². The Bertz CT molecular complexity index is 187. The number of allylic oxidation sites excluding steroid dienone is 3. The van der Waals surface area contributed by atoms with E-state index in [1.807, 2.05) is 6.92 Å². The third-order valence-electron chi connectivity index (χ3n) is 1.82. The van der Waals surface area contributed by atoms with Gasteiger partial charge in [-0.1, -0.05) is 5.57 Å². The molecule has 0 aromatic heterocycles. The maximum atomic E-state index is 5.36. The second kappa shape index (κ2) is 2.91. The zero-order valence-electron chi connectivity index (χ0n) is 6.90. The highest BCUT2D eigenvalue weighted by atomic mass is 16.5. The fourth-order valence-corrected chi connectivity index (χ4v) is 1.09. The third kappa shape index (κ3) is 1.41. The molecule has 0 N–H and O–H groups in total. The van der Waals surface area contributed by atoms with Gasteiger partial charge in [0, 0.05) is 6.42 Å². The molecule has 56 valence electrons. The fraction of sp³-hybridized carbons (Fsp3) is 0.556. The molecule has 0 radical (unpaired) electrons. The third-order valence-corrected chi connectivity index (χ3v) is 1.82. The van der Waals surface area contributed by atoms with Gasteiger partial charge in [0.2, 0.25) is 0 Å². The van der Waals surface area contributed by atoms with E-state index < -0.39 is 0 Å². The SMILES string of the molecule is CCOC1=CC(C)=C(C)C1. The van der Waals surface area contributed by atoms with E-state index in [-0.39, 0.29) is 0 Å². The van der Waals surface area contributed by atoms with E-state index in [1.165, 1.54) is 11.1 Å². The zero-order chi connectivity index (χ0) is 7.56. The van der Waals surface area contributed by atoms with E-state index in [1.54, 1.807) is 0 Å². The van der Waals surface area contributed by atoms with Crippen LogP contribution in [0.2, 0.25) is 0 Å². The van der Waals surface area contributed by atoms with Crippen LogP contribution in [0.1, 0.15) is 27.2 Å². The molecule has 0 spiro atoms. The van der Waals surface area contributed by atoms with Crippen molar-refractivity contribution in [3.05, 3.63) is 23.0 Å². The van der Waals surface area contributed by atoms with Gasteiger partial charge in [0.25, 0.3) is 0 Å². The maximum absolute atomic E-state index is 5.36. The van der Waals surface area contributed by atoms with Crippen molar-refractivity contribution in [3.63, 3.8) is 0 Å². The summed E-state index contributed by atoms with van der Waals surface area (Å²) in [6.07, 6.45) is 3.14. The lowest BCUT2D eigenvalue weighted by Gasteiger charge is -2.01. The first-order chi connectivity index (χ1) is 4.74. The second-order valence-electron chi connectivity index (χ2n) is 2.68. The first-order valence-electron chi connectivity index (χ1n) is 3.73. The summed E-state index contributed by atoms with van der Waals surface area (Å²) in [5.41, 5.74) is 2.80. The van der Waals surface area contributed by atoms with Crippen LogP contribution in [0.5, 0.6) is 0 Å². The summed E-state index contributed by atoms with van der Waals surface area (Å²) in [7, 11) is 0. The summed E-state index contributed by atoms with van der Waals surface area (Å²) in [6.45, 7) is 7.08. The highest BCUT2D eigenvalue weighted by molar-refractivity contribution is 5.33. The predicted molar refractivity (Wildman–Crippen MR) is 42.7 cm³/mol. The zero-order valence-corrected chi connectivity index (χ0v) is 6.90. The maximum Gasteiger partial charge on any atom is 0.100 e. The molecule has 0 aromatic carbocycles. The molecular formula is C9H14O. The van der Waals surface area contributed by atoms with Gasteiger partial charge in [-0.05, 0) is 32.4 Å². The van der Waals surface area contributed by atoms with Crippen LogP contribution in [-0.4, -0.2) is 6.61 Å². The summed E-state index contributed by atoms with van der Waals surface area (Å²) >= 11 is 0. The molecule has 0 unspecified atom stereocenters. The number of rotatable bonds is 2. The Balaban J connectivity index is 2.52. The summed E-state index contributed by atoms with van der Waals surface area (Å²) in [5, 5.41) is 0. The van der Waals surface area contributed by atoms with Crippen LogP contribution in [0.3, 0.4) is 0 Å². The molecule has 1 heteroatoms. The molecule has 0 saturated heterocycles. The quantitative estimate of drug-likeness (QED) is 0.570. The van der Waals surface area contributed by atoms with Gasteiger partial charge in [-0.3, -0.25) is 0 Å². The normalized spacial score (nSPS) is 17.7. The van der Waals surface area contributed by atoms with Crippen molar-refractivity contribution in [2.24, 2.45) is 0 Å². The average Bonchev–Trinajstić information content (AvgIpc) is 2.14. The smallest absolute Gasteiger partial charge is 0.100 e. The lowest BCUT2D eigenvalue weighted by molar-refractivity contribution is 0.225. The largest absolute Gasteiger partial charge is 0.498 e. The van der Waals surface area contributed by atoms with Crippen molar-refractivity contribution >= 4 is 0 Å². The topological polar surface area (TPSA) is 9.23 Å². The Morgan fingerprint density at radius 1 is 1.50 bits per heavy atom. The lowest BCUT2D eigenvalue weighted by atomic mass is 10.2. The summed E-state index contributed by atoms with van der Waals surface area (Å²) in [5.74, 6) is 1.12. The van der Waals surface area contributed by atoms with Gasteiger partial charge < -0.3 is 4.74 Å². The van der Waals surface area contributed by atoms with Crippen LogP contribution in [0.4, 0.5) is 0 Å². The molecule has 0 amide bonds. The minimum absolute atomic E-state index is 0.784. The van der Waals surface area contributed by atoms with Crippen molar-refractivity contribution in [2.75, 3.05) is 6.61 Å². The molecule has 0 bridgehead atoms. The van der Waals surface area contributed by atoms with Crippen molar-refractivity contribution < 1.29 is 4.74 Å². The Morgan fingerprint density at radius 2 is 2.20 bits per heavy atom. The van der Waals surface area contributed by atoms with E-state index in [0.29, 0.717) is 0 Å². The van der Waals surface area contributed by atoms with Crippen molar-refractivity contribution in [1.29, 1.82) is 0 Å². The molecule has 0 heterocycles. The molecule has 1 nitrogen and oxygen atoms in total. The molecule has 0 saturated carbocycles. The van der Waals surface area contributed by atoms with E-state index in [2.05, 4.69) is 19.9 Å². The predicted octanol–water partition coefficient (Wildman–Crippen LogP) is 2.65. The Labute approximate surface area is 62.4 Å². The van der Waals surface area contributed by atoms with Crippen molar-refractivity contribution in [2.45, 2.75) is 27.2 Å². The number of ether oxygens (including phenoxy) is 1. The molecule has 10 heavy (non-hydrogen) atoms. The highest BCUT2D eigenvalue weighted by Crippen LogP contribution is 2.24. The van der Waals surface area contributed by atoms with E-state index in [4.69, 9.17) is 4.74 Å². The minimum Gasteiger partial charge on any atom is -0.498 e. The van der Waals surface area contributed by atoms with Gasteiger partial charge in [-0.2, -0.15) is 0 Å². The molecule has 1 aliphatic rings. The second-order valence-corrected chi connectivity index (χ2v) is 2.68. The molecule has 0 aromatic rings. The van der Waals surface area contributed by atoms with Crippen molar-refractivity contribution in [3.8, 4) is 0 Å². The summed E-state index contributed by atoms with van der Waals surface area (Å²) in [4.78, 5) is 0. The molecule has 1 aliphatic carbocycles. The van der Waals surface area contributed by atoms with Crippen LogP contribution in [-0.2, 0) is 4.74 Å². The van der Waals surface area contributed by atoms with Gasteiger partial charge in [0.1, 0.15) is 5.76 Å². The van der Waals surface area contributed by atoms with Crippen LogP contribution >= 0.6 is 0 Å². The van der Waals surface area contributed by atoms with Crippen LogP contribution in [0.15, 0.2) is 23.0 Å². The van der Waals surface area contributed by atoms with Gasteiger partial charge in [0.15, 0.2) is 0 Å². The Hall–Kier alpha value is -0.720. The first kappa shape index (κ1) is 7.39. The summed E-state index contributed by atoms with van der Waals surface area (Å²) < 4.78 is 5.36. The Morgan fingerprint density at radius 3 is 2.60 bits per heavy atom. The molecule has 0 fully saturated rings. The molecular weight excluding hydrogens is 124 g/mol. The number of hydrogen-bond acceptors (Lipinski definition) is 1. The molecule has 0 atom stereocenters. The molecule has 0 aliphatic heterocycles. The monoisotopic (exact) mass is 138 g/mol. The summed E-state index contributed by atoms with van der Waals surface area (Å²) in [6, 6.07) is 0. The first-order valence-corrected chi connectivity index (χ1v) is 3.73. The number of hydrogen-bond donors (Lipinski definition) is 0. The molecule has 1 rings (SSSR count). The van der Waals surface area contributed by atoms with Gasteiger partial charge in [0.05, 0.1) is 6.61 Å². The Kier molecular flexibility index (Phi) is 2.15. The van der Waals surface area contributed by atoms with E-state index in [0.717, 1.165) is 18.8 Å². The van der Waals surface area contributed by atoms with Crippen LogP contribution in [0.25, 0.3) is 0 Å².